The first-order valence-corrected chi connectivity index (χ1v) is 10.6. The summed E-state index contributed by atoms with van der Waals surface area (Å²) >= 11 is 0. The molecule has 9 heteroatoms. The van der Waals surface area contributed by atoms with E-state index in [4.69, 9.17) is 5.73 Å². The Balaban J connectivity index is 5.45. The predicted octanol–water partition coefficient (Wildman–Crippen LogP) is 0.867. The van der Waals surface area contributed by atoms with Crippen LogP contribution in [0.2, 0.25) is 0 Å². The van der Waals surface area contributed by atoms with Crippen LogP contribution in [0.25, 0.3) is 0 Å². The van der Waals surface area contributed by atoms with Gasteiger partial charge in [-0.1, -0.05) is 55.4 Å². The highest BCUT2D eigenvalue weighted by molar-refractivity contribution is 5.94. The summed E-state index contributed by atoms with van der Waals surface area (Å²) in [6.07, 6.45) is 0.326. The fraction of sp³-hybridized carbons (Fsp3) is 0.810. The van der Waals surface area contributed by atoms with Gasteiger partial charge in [-0.2, -0.15) is 0 Å². The lowest BCUT2D eigenvalue weighted by Crippen LogP contribution is -2.59. The second kappa shape index (κ2) is 12.5. The Hall–Kier alpha value is -2.16. The first-order valence-electron chi connectivity index (χ1n) is 10.6. The Morgan fingerprint density at radius 1 is 0.700 bits per heavy atom. The molecule has 0 saturated heterocycles. The quantitative estimate of drug-likeness (QED) is 0.311. The molecule has 0 spiro atoms. The zero-order chi connectivity index (χ0) is 23.8. The van der Waals surface area contributed by atoms with Crippen LogP contribution >= 0.6 is 0 Å². The molecule has 0 aliphatic heterocycles. The molecule has 30 heavy (non-hydrogen) atoms. The van der Waals surface area contributed by atoms with Crippen molar-refractivity contribution in [3.05, 3.63) is 0 Å². The van der Waals surface area contributed by atoms with E-state index in [9.17, 15) is 24.3 Å². The van der Waals surface area contributed by atoms with Crippen LogP contribution < -0.4 is 21.7 Å². The number of aliphatic carboxylic acids is 1. The van der Waals surface area contributed by atoms with Gasteiger partial charge in [0.1, 0.15) is 18.1 Å². The summed E-state index contributed by atoms with van der Waals surface area (Å²) in [6, 6.07) is -3.61. The largest absolute Gasteiger partial charge is 0.480 e. The van der Waals surface area contributed by atoms with E-state index in [-0.39, 0.29) is 23.7 Å². The van der Waals surface area contributed by atoms with Gasteiger partial charge in [0.2, 0.25) is 17.7 Å². The molecule has 6 N–H and O–H groups in total. The minimum Gasteiger partial charge on any atom is -0.480 e. The van der Waals surface area contributed by atoms with Crippen molar-refractivity contribution in [1.82, 2.24) is 16.0 Å². The number of carbonyl (C=O) groups excluding carboxylic acids is 3. The molecule has 174 valence electrons. The molecule has 0 aromatic rings. The summed E-state index contributed by atoms with van der Waals surface area (Å²) in [5.74, 6) is -3.22. The third-order valence-corrected chi connectivity index (χ3v) is 4.84. The van der Waals surface area contributed by atoms with Crippen molar-refractivity contribution >= 4 is 23.7 Å². The van der Waals surface area contributed by atoms with E-state index in [1.807, 2.05) is 27.7 Å². The van der Waals surface area contributed by atoms with Gasteiger partial charge in [0.25, 0.3) is 0 Å². The van der Waals surface area contributed by atoms with Gasteiger partial charge < -0.3 is 26.8 Å². The van der Waals surface area contributed by atoms with Gasteiger partial charge in [-0.3, -0.25) is 14.4 Å². The number of carbonyl (C=O) groups is 4. The van der Waals surface area contributed by atoms with Gasteiger partial charge in [-0.15, -0.1) is 0 Å². The van der Waals surface area contributed by atoms with E-state index < -0.39 is 47.9 Å². The lowest BCUT2D eigenvalue weighted by molar-refractivity contribution is -0.143. The van der Waals surface area contributed by atoms with Gasteiger partial charge >= 0.3 is 5.97 Å². The third kappa shape index (κ3) is 9.11. The molecule has 0 rings (SSSR count). The fourth-order valence-electron chi connectivity index (χ4n) is 2.82. The average molecular weight is 429 g/mol. The van der Waals surface area contributed by atoms with Crippen LogP contribution in [0.15, 0.2) is 0 Å². The number of rotatable bonds is 12. The number of hydrogen-bond donors (Lipinski definition) is 5. The number of nitrogens with two attached hydrogens (primary N) is 1. The van der Waals surface area contributed by atoms with Gasteiger partial charge in [0, 0.05) is 0 Å². The second-order valence-corrected chi connectivity index (χ2v) is 9.26. The Bertz CT molecular complexity index is 604. The van der Waals surface area contributed by atoms with Crippen LogP contribution in [0.1, 0.15) is 61.8 Å². The molecule has 0 radical (unpaired) electrons. The molecule has 0 aliphatic rings. The van der Waals surface area contributed by atoms with Crippen molar-refractivity contribution in [2.75, 3.05) is 0 Å². The van der Waals surface area contributed by atoms with Gasteiger partial charge in [0.05, 0.1) is 6.04 Å². The molecule has 0 aliphatic carbocycles. The van der Waals surface area contributed by atoms with Gasteiger partial charge in [-0.25, -0.2) is 4.79 Å². The molecule has 4 atom stereocenters. The number of carboxylic acids is 1. The highest BCUT2D eigenvalue weighted by Gasteiger charge is 2.33. The van der Waals surface area contributed by atoms with Crippen molar-refractivity contribution < 1.29 is 24.3 Å². The second-order valence-electron chi connectivity index (χ2n) is 9.26. The molecule has 0 fully saturated rings. The lowest BCUT2D eigenvalue weighted by Gasteiger charge is -2.28. The van der Waals surface area contributed by atoms with Crippen molar-refractivity contribution in [3.8, 4) is 0 Å². The first-order chi connectivity index (χ1) is 13.7. The van der Waals surface area contributed by atoms with E-state index >= 15 is 0 Å². The molecule has 0 heterocycles. The minimum absolute atomic E-state index is 0.0739. The standard InChI is InChI=1S/C21H40N4O5/c1-10(2)9-14(18(26)25-17(13(7)8)21(29)30)23-20(28)16(12(5)6)24-19(27)15(22)11(3)4/h10-17H,9,22H2,1-8H3,(H,23,28)(H,24,27)(H,25,26)(H,29,30). The van der Waals surface area contributed by atoms with Crippen molar-refractivity contribution in [2.24, 2.45) is 29.4 Å². The number of nitrogens with one attached hydrogen (secondary N) is 3. The highest BCUT2D eigenvalue weighted by atomic mass is 16.4. The average Bonchev–Trinajstić information content (AvgIpc) is 2.60. The van der Waals surface area contributed by atoms with Crippen LogP contribution in [0.4, 0.5) is 0 Å². The Morgan fingerprint density at radius 3 is 1.53 bits per heavy atom. The number of amides is 3. The summed E-state index contributed by atoms with van der Waals surface area (Å²) in [7, 11) is 0. The maximum absolute atomic E-state index is 12.9. The monoisotopic (exact) mass is 428 g/mol. The topological polar surface area (TPSA) is 151 Å². The van der Waals surface area contributed by atoms with Crippen molar-refractivity contribution in [2.45, 2.75) is 86.0 Å². The van der Waals surface area contributed by atoms with Crippen molar-refractivity contribution in [3.63, 3.8) is 0 Å². The van der Waals surface area contributed by atoms with Crippen LogP contribution in [-0.4, -0.2) is 53.0 Å². The summed E-state index contributed by atoms with van der Waals surface area (Å²) in [4.78, 5) is 49.4. The Morgan fingerprint density at radius 2 is 1.17 bits per heavy atom. The molecule has 0 saturated carbocycles. The minimum atomic E-state index is -1.14. The SMILES string of the molecule is CC(C)CC(NC(=O)C(NC(=O)C(N)C(C)C)C(C)C)C(=O)NC(C(=O)O)C(C)C. The Kier molecular flexibility index (Phi) is 11.6. The fourth-order valence-corrected chi connectivity index (χ4v) is 2.82. The summed E-state index contributed by atoms with van der Waals surface area (Å²) < 4.78 is 0. The number of hydrogen-bond acceptors (Lipinski definition) is 5. The molecular weight excluding hydrogens is 388 g/mol. The van der Waals surface area contributed by atoms with Crippen LogP contribution in [0, 0.1) is 23.7 Å². The summed E-state index contributed by atoms with van der Waals surface area (Å²) in [5.41, 5.74) is 5.87. The number of carboxylic acid groups (broad SMARTS) is 1. The smallest absolute Gasteiger partial charge is 0.326 e. The molecular formula is C21H40N4O5. The maximum atomic E-state index is 12.9. The zero-order valence-electron chi connectivity index (χ0n) is 19.5. The van der Waals surface area contributed by atoms with Gasteiger partial charge in [0.15, 0.2) is 0 Å². The third-order valence-electron chi connectivity index (χ3n) is 4.84. The lowest BCUT2D eigenvalue weighted by atomic mass is 9.98. The van der Waals surface area contributed by atoms with Crippen LogP contribution in [-0.2, 0) is 19.2 Å². The zero-order valence-corrected chi connectivity index (χ0v) is 19.5. The van der Waals surface area contributed by atoms with E-state index in [2.05, 4.69) is 16.0 Å². The molecule has 0 bridgehead atoms. The van der Waals surface area contributed by atoms with Crippen LogP contribution in [0.3, 0.4) is 0 Å². The Labute approximate surface area is 179 Å². The van der Waals surface area contributed by atoms with Gasteiger partial charge in [-0.05, 0) is 30.1 Å². The highest BCUT2D eigenvalue weighted by Crippen LogP contribution is 2.10. The maximum Gasteiger partial charge on any atom is 0.326 e. The molecule has 9 nitrogen and oxygen atoms in total. The van der Waals surface area contributed by atoms with Crippen molar-refractivity contribution in [1.29, 1.82) is 0 Å². The first kappa shape index (κ1) is 27.8. The van der Waals surface area contributed by atoms with E-state index in [0.29, 0.717) is 6.42 Å². The van der Waals surface area contributed by atoms with E-state index in [1.54, 1.807) is 27.7 Å². The van der Waals surface area contributed by atoms with E-state index in [0.717, 1.165) is 0 Å². The molecule has 0 aromatic carbocycles. The van der Waals surface area contributed by atoms with E-state index in [1.165, 1.54) is 0 Å². The summed E-state index contributed by atoms with van der Waals surface area (Å²) in [6.45, 7) is 14.4. The normalized spacial score (nSPS) is 15.6. The van der Waals surface area contributed by atoms with Crippen LogP contribution in [0.5, 0.6) is 0 Å². The predicted molar refractivity (Wildman–Crippen MR) is 115 cm³/mol. The molecule has 3 amide bonds. The summed E-state index contributed by atoms with van der Waals surface area (Å²) in [5, 5.41) is 17.2. The molecule has 4 unspecified atom stereocenters. The molecule has 0 aromatic heterocycles.